The lowest BCUT2D eigenvalue weighted by Crippen LogP contribution is -2.21. The third kappa shape index (κ3) is 2.64. The van der Waals surface area contributed by atoms with Crippen LogP contribution in [0.25, 0.3) is 11.1 Å². The standard InChI is InChI=1S/C19H20O3/c1-19(2,21)10-11-22-17-9-5-8-15-16(12-20)13-6-3-4-7-14(13)18(15)17/h3-9,12,16,21H,10-11H2,1-2H3. The normalized spacial score (nSPS) is 16.0. The molecule has 3 nitrogen and oxygen atoms in total. The van der Waals surface area contributed by atoms with E-state index >= 15 is 0 Å². The zero-order chi connectivity index (χ0) is 15.7. The van der Waals surface area contributed by atoms with Gasteiger partial charge in [-0.1, -0.05) is 36.4 Å². The van der Waals surface area contributed by atoms with Gasteiger partial charge in [0.1, 0.15) is 12.0 Å². The molecular formula is C19H20O3. The molecule has 3 rings (SSSR count). The molecule has 2 aromatic carbocycles. The number of rotatable bonds is 5. The number of aldehydes is 1. The average Bonchev–Trinajstić information content (AvgIpc) is 2.80. The van der Waals surface area contributed by atoms with Gasteiger partial charge in [-0.2, -0.15) is 0 Å². The summed E-state index contributed by atoms with van der Waals surface area (Å²) in [5.74, 6) is 0.558. The monoisotopic (exact) mass is 296 g/mol. The largest absolute Gasteiger partial charge is 0.493 e. The molecule has 0 bridgehead atoms. The molecule has 0 spiro atoms. The van der Waals surface area contributed by atoms with Crippen LogP contribution < -0.4 is 4.74 Å². The summed E-state index contributed by atoms with van der Waals surface area (Å²) < 4.78 is 5.90. The molecule has 1 atom stereocenters. The number of carbonyl (C=O) groups excluding carboxylic acids is 1. The van der Waals surface area contributed by atoms with Crippen LogP contribution in [0.15, 0.2) is 42.5 Å². The Morgan fingerprint density at radius 2 is 1.86 bits per heavy atom. The fourth-order valence-corrected chi connectivity index (χ4v) is 2.94. The molecule has 0 saturated heterocycles. The highest BCUT2D eigenvalue weighted by molar-refractivity contribution is 5.90. The highest BCUT2D eigenvalue weighted by Gasteiger charge is 2.30. The number of carbonyl (C=O) groups is 1. The summed E-state index contributed by atoms with van der Waals surface area (Å²) in [4.78, 5) is 11.5. The van der Waals surface area contributed by atoms with Crippen molar-refractivity contribution >= 4 is 6.29 Å². The Bertz CT molecular complexity index is 698. The van der Waals surface area contributed by atoms with Gasteiger partial charge in [0.05, 0.1) is 18.1 Å². The third-order valence-corrected chi connectivity index (χ3v) is 4.07. The summed E-state index contributed by atoms with van der Waals surface area (Å²) in [6.07, 6.45) is 1.54. The SMILES string of the molecule is CC(C)(O)CCOc1cccc2c1-c1ccccc1C2C=O. The average molecular weight is 296 g/mol. The van der Waals surface area contributed by atoms with Crippen LogP contribution in [0.5, 0.6) is 5.75 Å². The van der Waals surface area contributed by atoms with Crippen LogP contribution in [0.1, 0.15) is 37.3 Å². The molecule has 114 valence electrons. The molecule has 2 aromatic rings. The molecule has 0 fully saturated rings. The minimum Gasteiger partial charge on any atom is -0.493 e. The van der Waals surface area contributed by atoms with Crippen molar-refractivity contribution < 1.29 is 14.6 Å². The van der Waals surface area contributed by atoms with Crippen molar-refractivity contribution in [3.8, 4) is 16.9 Å². The number of benzene rings is 2. The van der Waals surface area contributed by atoms with Crippen molar-refractivity contribution in [1.82, 2.24) is 0 Å². The van der Waals surface area contributed by atoms with Crippen LogP contribution in [-0.2, 0) is 4.79 Å². The van der Waals surface area contributed by atoms with Crippen molar-refractivity contribution in [2.24, 2.45) is 0 Å². The van der Waals surface area contributed by atoms with Gasteiger partial charge in [0, 0.05) is 12.0 Å². The maximum Gasteiger partial charge on any atom is 0.131 e. The van der Waals surface area contributed by atoms with Crippen molar-refractivity contribution in [2.75, 3.05) is 6.61 Å². The van der Waals surface area contributed by atoms with Gasteiger partial charge in [0.15, 0.2) is 0 Å². The van der Waals surface area contributed by atoms with Crippen LogP contribution in [0, 0.1) is 0 Å². The lowest BCUT2D eigenvalue weighted by Gasteiger charge is -2.18. The summed E-state index contributed by atoms with van der Waals surface area (Å²) >= 11 is 0. The molecule has 0 aromatic heterocycles. The van der Waals surface area contributed by atoms with E-state index in [9.17, 15) is 9.90 Å². The van der Waals surface area contributed by atoms with E-state index in [0.717, 1.165) is 34.3 Å². The van der Waals surface area contributed by atoms with Gasteiger partial charge in [-0.15, -0.1) is 0 Å². The maximum atomic E-state index is 11.5. The van der Waals surface area contributed by atoms with Gasteiger partial charge in [-0.3, -0.25) is 0 Å². The van der Waals surface area contributed by atoms with E-state index < -0.39 is 5.60 Å². The Morgan fingerprint density at radius 3 is 2.59 bits per heavy atom. The molecule has 3 heteroatoms. The minimum absolute atomic E-state index is 0.218. The Labute approximate surface area is 130 Å². The number of aliphatic hydroxyl groups is 1. The predicted octanol–water partition coefficient (Wildman–Crippen LogP) is 3.54. The first-order chi connectivity index (χ1) is 10.5. The number of fused-ring (bicyclic) bond motifs is 3. The minimum atomic E-state index is -0.749. The molecular weight excluding hydrogens is 276 g/mol. The summed E-state index contributed by atoms with van der Waals surface area (Å²) in [6, 6.07) is 13.8. The lowest BCUT2D eigenvalue weighted by molar-refractivity contribution is -0.108. The molecule has 1 aliphatic rings. The highest BCUT2D eigenvalue weighted by Crippen LogP contribution is 2.48. The molecule has 22 heavy (non-hydrogen) atoms. The van der Waals surface area contributed by atoms with Crippen molar-refractivity contribution in [1.29, 1.82) is 0 Å². The van der Waals surface area contributed by atoms with E-state index in [0.29, 0.717) is 13.0 Å². The molecule has 0 saturated carbocycles. The Hall–Kier alpha value is -2.13. The van der Waals surface area contributed by atoms with Gasteiger partial charge >= 0.3 is 0 Å². The first-order valence-electron chi connectivity index (χ1n) is 7.54. The number of ether oxygens (including phenoxy) is 1. The van der Waals surface area contributed by atoms with Gasteiger partial charge in [-0.05, 0) is 36.6 Å². The summed E-state index contributed by atoms with van der Waals surface area (Å²) in [5.41, 5.74) is 3.35. The Balaban J connectivity index is 1.97. The predicted molar refractivity (Wildman–Crippen MR) is 86.2 cm³/mol. The zero-order valence-electron chi connectivity index (χ0n) is 12.9. The fourth-order valence-electron chi connectivity index (χ4n) is 2.94. The van der Waals surface area contributed by atoms with Crippen LogP contribution in [0.2, 0.25) is 0 Å². The Kier molecular flexibility index (Phi) is 3.75. The zero-order valence-corrected chi connectivity index (χ0v) is 12.9. The summed E-state index contributed by atoms with van der Waals surface area (Å²) in [6.45, 7) is 3.97. The smallest absolute Gasteiger partial charge is 0.131 e. The molecule has 0 radical (unpaired) electrons. The Morgan fingerprint density at radius 1 is 1.14 bits per heavy atom. The van der Waals surface area contributed by atoms with Crippen molar-refractivity contribution in [2.45, 2.75) is 31.8 Å². The van der Waals surface area contributed by atoms with Crippen LogP contribution in [-0.4, -0.2) is 23.6 Å². The maximum absolute atomic E-state index is 11.5. The molecule has 1 aliphatic carbocycles. The molecule has 1 N–H and O–H groups in total. The van der Waals surface area contributed by atoms with E-state index in [4.69, 9.17) is 4.74 Å². The van der Waals surface area contributed by atoms with Gasteiger partial charge in [0.2, 0.25) is 0 Å². The first-order valence-corrected chi connectivity index (χ1v) is 7.54. The van der Waals surface area contributed by atoms with Gasteiger partial charge in [0.25, 0.3) is 0 Å². The number of hydrogen-bond donors (Lipinski definition) is 1. The van der Waals surface area contributed by atoms with Gasteiger partial charge < -0.3 is 14.6 Å². The molecule has 1 unspecified atom stereocenters. The highest BCUT2D eigenvalue weighted by atomic mass is 16.5. The fraction of sp³-hybridized carbons (Fsp3) is 0.316. The number of hydrogen-bond acceptors (Lipinski definition) is 3. The van der Waals surface area contributed by atoms with Gasteiger partial charge in [-0.25, -0.2) is 0 Å². The van der Waals surface area contributed by atoms with Crippen LogP contribution in [0.3, 0.4) is 0 Å². The lowest BCUT2D eigenvalue weighted by atomic mass is 9.99. The van der Waals surface area contributed by atoms with E-state index in [-0.39, 0.29) is 5.92 Å². The van der Waals surface area contributed by atoms with Crippen molar-refractivity contribution in [3.63, 3.8) is 0 Å². The summed E-state index contributed by atoms with van der Waals surface area (Å²) in [5, 5.41) is 9.80. The third-order valence-electron chi connectivity index (χ3n) is 4.07. The second-order valence-corrected chi connectivity index (χ2v) is 6.33. The van der Waals surface area contributed by atoms with E-state index in [1.165, 1.54) is 0 Å². The molecule has 0 aliphatic heterocycles. The van der Waals surface area contributed by atoms with E-state index in [2.05, 4.69) is 0 Å². The van der Waals surface area contributed by atoms with E-state index in [1.54, 1.807) is 13.8 Å². The quantitative estimate of drug-likeness (QED) is 0.858. The first kappa shape index (κ1) is 14.8. The van der Waals surface area contributed by atoms with E-state index in [1.807, 2.05) is 42.5 Å². The second kappa shape index (κ2) is 5.58. The van der Waals surface area contributed by atoms with Crippen LogP contribution >= 0.6 is 0 Å². The molecule has 0 heterocycles. The van der Waals surface area contributed by atoms with Crippen molar-refractivity contribution in [3.05, 3.63) is 53.6 Å². The second-order valence-electron chi connectivity index (χ2n) is 6.33. The topological polar surface area (TPSA) is 46.5 Å². The van der Waals surface area contributed by atoms with Crippen LogP contribution in [0.4, 0.5) is 0 Å². The summed E-state index contributed by atoms with van der Waals surface area (Å²) in [7, 11) is 0. The molecule has 0 amide bonds.